The first-order valence-corrected chi connectivity index (χ1v) is 27.0. The van der Waals surface area contributed by atoms with Crippen LogP contribution in [0.2, 0.25) is 0 Å². The second kappa shape index (κ2) is 16.4. The normalized spacial score (nSPS) is 16.6. The Kier molecular flexibility index (Phi) is 11.0. The fraction of sp³-hybridized carbons (Fsp3) is 0.259. The van der Waals surface area contributed by atoms with E-state index in [-0.39, 0.29) is 0 Å². The molecule has 2 unspecified atom stereocenters. The van der Waals surface area contributed by atoms with Crippen molar-refractivity contribution in [3.05, 3.63) is 172 Å². The molecule has 0 saturated heterocycles. The third-order valence-corrected chi connectivity index (χ3v) is 24.9. The maximum atomic E-state index is 2.70. The van der Waals surface area contributed by atoms with Crippen LogP contribution in [0.25, 0.3) is 45.5 Å². The summed E-state index contributed by atoms with van der Waals surface area (Å²) < 4.78 is 2.81. The van der Waals surface area contributed by atoms with Crippen molar-refractivity contribution in [2.45, 2.75) is 86.3 Å². The van der Waals surface area contributed by atoms with Crippen LogP contribution in [0.1, 0.15) is 107 Å². The minimum absolute atomic E-state index is 0.502. The number of hydrogen-bond acceptors (Lipinski definition) is 0. The quantitative estimate of drug-likeness (QED) is 0.102. The summed E-state index contributed by atoms with van der Waals surface area (Å²) in [6.45, 7) is 9.43. The van der Waals surface area contributed by atoms with E-state index in [1.165, 1.54) is 75.8 Å². The van der Waals surface area contributed by atoms with Gasteiger partial charge in [0, 0.05) is 0 Å². The van der Waals surface area contributed by atoms with Crippen LogP contribution in [-0.4, -0.2) is 9.52 Å². The molecule has 0 amide bonds. The average Bonchev–Trinajstić information content (AvgIpc) is 3.91. The summed E-state index contributed by atoms with van der Waals surface area (Å²) in [6.07, 6.45) is 14.7. The average molecular weight is 823 g/mol. The molecule has 6 aromatic carbocycles. The Hall–Kier alpha value is -4.10. The molecule has 1 heterocycles. The molecule has 56 heavy (non-hydrogen) atoms. The van der Waals surface area contributed by atoms with Gasteiger partial charge in [0.15, 0.2) is 0 Å². The number of benzene rings is 6. The molecule has 0 spiro atoms. The molecule has 9 rings (SSSR count). The summed E-state index contributed by atoms with van der Waals surface area (Å²) in [5, 5.41) is 3.40. The molecule has 1 aliphatic heterocycles. The zero-order chi connectivity index (χ0) is 38.2. The maximum absolute atomic E-state index is 2.83. The van der Waals surface area contributed by atoms with Gasteiger partial charge in [-0.2, -0.15) is 0 Å². The molecule has 3 aliphatic rings. The molecule has 0 saturated carbocycles. The van der Waals surface area contributed by atoms with Crippen molar-refractivity contribution < 1.29 is 21.8 Å². The van der Waals surface area contributed by atoms with Crippen LogP contribution in [0.15, 0.2) is 139 Å². The van der Waals surface area contributed by atoms with E-state index in [4.69, 9.17) is 0 Å². The Bertz CT molecular complexity index is 2360. The number of fused-ring (bicyclic) bond motifs is 5. The monoisotopic (exact) mass is 821 g/mol. The van der Waals surface area contributed by atoms with Gasteiger partial charge in [0.1, 0.15) is 0 Å². The first kappa shape index (κ1) is 37.5. The van der Waals surface area contributed by atoms with E-state index in [2.05, 4.69) is 167 Å². The Morgan fingerprint density at radius 3 is 1.41 bits per heavy atom. The van der Waals surface area contributed by atoms with E-state index in [1.807, 2.05) is 0 Å². The molecule has 279 valence electrons. The molecule has 0 aromatic heterocycles. The third kappa shape index (κ3) is 6.56. The van der Waals surface area contributed by atoms with Crippen molar-refractivity contribution in [1.82, 2.24) is 0 Å². The summed E-state index contributed by atoms with van der Waals surface area (Å²) >= 11 is -2.83. The Balaban J connectivity index is 1.30. The van der Waals surface area contributed by atoms with Gasteiger partial charge in [0.2, 0.25) is 0 Å². The number of aryl methyl sites for hydroxylation is 2. The Morgan fingerprint density at radius 1 is 0.429 bits per heavy atom. The van der Waals surface area contributed by atoms with Crippen LogP contribution in [-0.2, 0) is 34.6 Å². The summed E-state index contributed by atoms with van der Waals surface area (Å²) in [4.78, 5) is 0. The Labute approximate surface area is 346 Å². The van der Waals surface area contributed by atoms with Crippen molar-refractivity contribution in [2.75, 3.05) is 0 Å². The predicted molar refractivity (Wildman–Crippen MR) is 242 cm³/mol. The SMILES string of the molecule is CCCC1=Cc2c(-c3ccccc3CCC)cccc2[CH]1[Zr]([c]1cccc2c1[SiH2]c1ccccc1-2)[CH]1C(CCC)=Cc2c(-c3ccccc3CCC)cccc21. The van der Waals surface area contributed by atoms with Crippen molar-refractivity contribution in [1.29, 1.82) is 0 Å². The number of rotatable bonds is 13. The second-order valence-electron chi connectivity index (χ2n) is 16.4. The van der Waals surface area contributed by atoms with E-state index < -0.39 is 31.3 Å². The minimum atomic E-state index is -2.83. The molecular weight excluding hydrogens is 768 g/mol. The van der Waals surface area contributed by atoms with E-state index in [9.17, 15) is 0 Å². The Morgan fingerprint density at radius 2 is 0.875 bits per heavy atom. The van der Waals surface area contributed by atoms with Gasteiger partial charge in [-0.05, 0) is 0 Å². The van der Waals surface area contributed by atoms with Gasteiger partial charge in [-0.3, -0.25) is 0 Å². The van der Waals surface area contributed by atoms with Gasteiger partial charge in [-0.25, -0.2) is 0 Å². The van der Waals surface area contributed by atoms with Gasteiger partial charge >= 0.3 is 349 Å². The first-order chi connectivity index (χ1) is 27.6. The van der Waals surface area contributed by atoms with Crippen molar-refractivity contribution in [2.24, 2.45) is 0 Å². The fourth-order valence-corrected chi connectivity index (χ4v) is 24.6. The summed E-state index contributed by atoms with van der Waals surface area (Å²) in [6, 6.07) is 50.2. The summed E-state index contributed by atoms with van der Waals surface area (Å²) in [7, 11) is -0.605. The van der Waals surface area contributed by atoms with E-state index in [0.29, 0.717) is 7.25 Å². The number of hydrogen-bond donors (Lipinski definition) is 0. The first-order valence-electron chi connectivity index (χ1n) is 21.6. The van der Waals surface area contributed by atoms with Gasteiger partial charge in [-0.15, -0.1) is 0 Å². The van der Waals surface area contributed by atoms with E-state index in [1.54, 1.807) is 41.5 Å². The van der Waals surface area contributed by atoms with E-state index >= 15 is 0 Å². The third-order valence-electron chi connectivity index (χ3n) is 12.8. The van der Waals surface area contributed by atoms with Crippen molar-refractivity contribution in [3.63, 3.8) is 0 Å². The predicted octanol–water partition coefficient (Wildman–Crippen LogP) is 12.1. The van der Waals surface area contributed by atoms with Gasteiger partial charge in [0.05, 0.1) is 0 Å². The fourth-order valence-electron chi connectivity index (χ4n) is 10.6. The zero-order valence-corrected chi connectivity index (χ0v) is 37.7. The van der Waals surface area contributed by atoms with Gasteiger partial charge in [0.25, 0.3) is 0 Å². The molecule has 2 heteroatoms. The molecule has 0 N–H and O–H groups in total. The van der Waals surface area contributed by atoms with E-state index in [0.717, 1.165) is 25.7 Å². The summed E-state index contributed by atoms with van der Waals surface area (Å²) in [5.74, 6) is 0. The molecule has 0 radical (unpaired) electrons. The van der Waals surface area contributed by atoms with Crippen LogP contribution in [0.5, 0.6) is 0 Å². The summed E-state index contributed by atoms with van der Waals surface area (Å²) in [5.41, 5.74) is 21.4. The van der Waals surface area contributed by atoms with Crippen molar-refractivity contribution in [3.8, 4) is 33.4 Å². The van der Waals surface area contributed by atoms with Crippen molar-refractivity contribution >= 4 is 35.3 Å². The molecular formula is C54H55SiZr. The molecule has 0 fully saturated rings. The molecule has 0 bridgehead atoms. The molecule has 2 aliphatic carbocycles. The second-order valence-corrected chi connectivity index (χ2v) is 24.6. The molecule has 6 aromatic rings. The van der Waals surface area contributed by atoms with Gasteiger partial charge in [-0.1, -0.05) is 0 Å². The van der Waals surface area contributed by atoms with Crippen LogP contribution in [0.4, 0.5) is 0 Å². The topological polar surface area (TPSA) is 0 Å². The standard InChI is InChI=1S/2C21H23.C12H9Si.Zr/c2*1-3-8-16-14-18-11-7-13-20(21(18)15-16)19-12-6-5-10-17(19)9-4-2;1-3-7-11-9(5-1)10-6-2-4-8-12(10)13-11;/h2*5-7,10-15H,3-4,8-9H2,1-2H3;1-7H,13H2;. The van der Waals surface area contributed by atoms with Crippen LogP contribution >= 0.6 is 0 Å². The van der Waals surface area contributed by atoms with Gasteiger partial charge < -0.3 is 0 Å². The van der Waals surface area contributed by atoms with Crippen LogP contribution in [0.3, 0.4) is 0 Å². The number of allylic oxidation sites excluding steroid dienone is 2. The zero-order valence-electron chi connectivity index (χ0n) is 33.8. The van der Waals surface area contributed by atoms with Crippen LogP contribution < -0.4 is 13.6 Å². The molecule has 2 atom stereocenters. The van der Waals surface area contributed by atoms with Crippen LogP contribution in [0, 0.1) is 0 Å². The molecule has 0 nitrogen and oxygen atoms in total.